The van der Waals surface area contributed by atoms with Crippen LogP contribution in [0.1, 0.15) is 19.8 Å². The number of nitrogens with zero attached hydrogens (tertiary/aromatic N) is 1. The van der Waals surface area contributed by atoms with Crippen LogP contribution in [-0.4, -0.2) is 54.0 Å². The van der Waals surface area contributed by atoms with Crippen LogP contribution in [0.3, 0.4) is 0 Å². The second kappa shape index (κ2) is 5.28. The number of rotatable bonds is 6. The van der Waals surface area contributed by atoms with Crippen LogP contribution in [0.5, 0.6) is 0 Å². The Hall–Kier alpha value is -0.870. The van der Waals surface area contributed by atoms with Crippen LogP contribution in [0.4, 0.5) is 0 Å². The number of quaternary nitrogens is 1. The molecule has 0 aliphatic heterocycles. The third kappa shape index (κ3) is 7.11. The highest BCUT2D eigenvalue weighted by Crippen LogP contribution is 2.16. The van der Waals surface area contributed by atoms with E-state index in [2.05, 4.69) is 0 Å². The molecule has 0 unspecified atom stereocenters. The molecule has 0 spiro atoms. The highest BCUT2D eigenvalue weighted by atomic mass is 16.4. The van der Waals surface area contributed by atoms with Gasteiger partial charge in [0.15, 0.2) is 0 Å². The summed E-state index contributed by atoms with van der Waals surface area (Å²) < 4.78 is 0.526. The summed E-state index contributed by atoms with van der Waals surface area (Å²) >= 11 is 0. The van der Waals surface area contributed by atoms with E-state index in [1.807, 2.05) is 28.1 Å². The van der Waals surface area contributed by atoms with Gasteiger partial charge in [0.2, 0.25) is 0 Å². The molecule has 0 aliphatic carbocycles. The molecule has 0 radical (unpaired) electrons. The van der Waals surface area contributed by atoms with Gasteiger partial charge in [-0.3, -0.25) is 4.79 Å². The van der Waals surface area contributed by atoms with Gasteiger partial charge in [0.25, 0.3) is 0 Å². The summed E-state index contributed by atoms with van der Waals surface area (Å²) in [6.07, 6.45) is 3.95. The molecule has 0 saturated carbocycles. The second-order valence-corrected chi connectivity index (χ2v) is 4.93. The van der Waals surface area contributed by atoms with Crippen LogP contribution in [0.25, 0.3) is 0 Å². The maximum atomic E-state index is 10.7. The number of carbonyl (C=O) groups is 1. The number of aliphatic carboxylic acids is 1. The molecule has 0 aromatic carbocycles. The number of allylic oxidation sites excluding steroid dienone is 1. The Bertz CT molecular complexity index is 243. The number of carboxylic acids is 1. The summed E-state index contributed by atoms with van der Waals surface area (Å²) in [7, 11) is 5.77. The Morgan fingerprint density at radius 2 is 1.93 bits per heavy atom. The van der Waals surface area contributed by atoms with Gasteiger partial charge in [-0.15, -0.1) is 0 Å². The highest BCUT2D eigenvalue weighted by molar-refractivity contribution is 5.68. The summed E-state index contributed by atoms with van der Waals surface area (Å²) in [5, 5.41) is 18.9. The standard InChI is InChI=1S/C11H21NO3/c1-5-6-7-11(15,8-10(13)14)9-12(2,3)4/h6-7,15H,5,8-9H2,1-4H3/p+1/t11-/m1/s1. The molecular formula is C11H22NO3+. The molecule has 0 bridgehead atoms. The molecular weight excluding hydrogens is 194 g/mol. The van der Waals surface area contributed by atoms with Crippen LogP contribution in [0.2, 0.25) is 0 Å². The highest BCUT2D eigenvalue weighted by Gasteiger charge is 2.33. The largest absolute Gasteiger partial charge is 0.481 e. The van der Waals surface area contributed by atoms with E-state index < -0.39 is 11.6 Å². The van der Waals surface area contributed by atoms with Crippen molar-refractivity contribution < 1.29 is 19.5 Å². The van der Waals surface area contributed by atoms with Gasteiger partial charge in [-0.25, -0.2) is 0 Å². The van der Waals surface area contributed by atoms with Gasteiger partial charge < -0.3 is 14.7 Å². The molecule has 2 N–H and O–H groups in total. The summed E-state index contributed by atoms with van der Waals surface area (Å²) in [5.74, 6) is -0.980. The monoisotopic (exact) mass is 216 g/mol. The van der Waals surface area contributed by atoms with E-state index in [1.165, 1.54) is 0 Å². The molecule has 88 valence electrons. The van der Waals surface area contributed by atoms with Crippen LogP contribution >= 0.6 is 0 Å². The molecule has 0 aliphatic rings. The van der Waals surface area contributed by atoms with Gasteiger partial charge in [-0.1, -0.05) is 19.1 Å². The lowest BCUT2D eigenvalue weighted by Gasteiger charge is -2.32. The third-order valence-electron chi connectivity index (χ3n) is 1.87. The van der Waals surface area contributed by atoms with Gasteiger partial charge in [0.05, 0.1) is 27.6 Å². The first-order valence-electron chi connectivity index (χ1n) is 5.11. The summed E-state index contributed by atoms with van der Waals surface area (Å²) in [6.45, 7) is 2.33. The third-order valence-corrected chi connectivity index (χ3v) is 1.87. The lowest BCUT2D eigenvalue weighted by Crippen LogP contribution is -2.49. The first-order chi connectivity index (χ1) is 6.68. The summed E-state index contributed by atoms with van der Waals surface area (Å²) in [4.78, 5) is 10.7. The van der Waals surface area contributed by atoms with Crippen molar-refractivity contribution in [3.05, 3.63) is 12.2 Å². The lowest BCUT2D eigenvalue weighted by molar-refractivity contribution is -0.876. The number of likely N-dealkylation sites (N-methyl/N-ethyl adjacent to an activating group) is 1. The Balaban J connectivity index is 4.69. The average Bonchev–Trinajstić information content (AvgIpc) is 1.95. The Labute approximate surface area is 91.4 Å². The van der Waals surface area contributed by atoms with Crippen molar-refractivity contribution >= 4 is 5.97 Å². The normalized spacial score (nSPS) is 16.6. The van der Waals surface area contributed by atoms with Crippen molar-refractivity contribution in [1.82, 2.24) is 0 Å². The van der Waals surface area contributed by atoms with Crippen molar-refractivity contribution in [2.24, 2.45) is 0 Å². The van der Waals surface area contributed by atoms with E-state index >= 15 is 0 Å². The molecule has 0 aromatic heterocycles. The van der Waals surface area contributed by atoms with Crippen molar-refractivity contribution in [2.45, 2.75) is 25.4 Å². The fraction of sp³-hybridized carbons (Fsp3) is 0.727. The first-order valence-corrected chi connectivity index (χ1v) is 5.11. The minimum absolute atomic E-state index is 0.251. The fourth-order valence-electron chi connectivity index (χ4n) is 1.59. The molecule has 15 heavy (non-hydrogen) atoms. The van der Waals surface area contributed by atoms with Crippen LogP contribution in [-0.2, 0) is 4.79 Å². The predicted molar refractivity (Wildman–Crippen MR) is 59.5 cm³/mol. The maximum absolute atomic E-state index is 10.7. The molecule has 0 aromatic rings. The smallest absolute Gasteiger partial charge is 0.306 e. The number of hydrogen-bond donors (Lipinski definition) is 2. The van der Waals surface area contributed by atoms with Crippen molar-refractivity contribution in [2.75, 3.05) is 27.7 Å². The van der Waals surface area contributed by atoms with Gasteiger partial charge in [-0.2, -0.15) is 0 Å². The molecule has 0 saturated heterocycles. The quantitative estimate of drug-likeness (QED) is 0.511. The van der Waals surface area contributed by atoms with E-state index in [1.54, 1.807) is 12.2 Å². The predicted octanol–water partition coefficient (Wildman–Crippen LogP) is 0.865. The van der Waals surface area contributed by atoms with Crippen molar-refractivity contribution in [3.63, 3.8) is 0 Å². The minimum Gasteiger partial charge on any atom is -0.481 e. The van der Waals surface area contributed by atoms with Gasteiger partial charge in [0, 0.05) is 0 Å². The van der Waals surface area contributed by atoms with Crippen LogP contribution < -0.4 is 0 Å². The second-order valence-electron chi connectivity index (χ2n) is 4.93. The molecule has 0 amide bonds. The van der Waals surface area contributed by atoms with E-state index in [-0.39, 0.29) is 6.42 Å². The number of carboxylic acid groups (broad SMARTS) is 1. The number of aliphatic hydroxyl groups is 1. The zero-order valence-electron chi connectivity index (χ0n) is 10.0. The minimum atomic E-state index is -1.25. The molecule has 0 heterocycles. The Kier molecular flexibility index (Phi) is 4.97. The lowest BCUT2D eigenvalue weighted by atomic mass is 9.97. The van der Waals surface area contributed by atoms with E-state index in [9.17, 15) is 9.90 Å². The van der Waals surface area contributed by atoms with E-state index in [0.29, 0.717) is 11.0 Å². The zero-order valence-corrected chi connectivity index (χ0v) is 10.0. The maximum Gasteiger partial charge on any atom is 0.306 e. The van der Waals surface area contributed by atoms with Crippen molar-refractivity contribution in [1.29, 1.82) is 0 Å². The zero-order chi connectivity index (χ0) is 12.1. The average molecular weight is 216 g/mol. The molecule has 4 heteroatoms. The fourth-order valence-corrected chi connectivity index (χ4v) is 1.59. The SMILES string of the molecule is CCC=C[C@@](O)(CC(=O)O)C[N+](C)(C)C. The van der Waals surface area contributed by atoms with Crippen molar-refractivity contribution in [3.8, 4) is 0 Å². The number of hydrogen-bond acceptors (Lipinski definition) is 2. The van der Waals surface area contributed by atoms with E-state index in [4.69, 9.17) is 5.11 Å². The topological polar surface area (TPSA) is 57.5 Å². The van der Waals surface area contributed by atoms with E-state index in [0.717, 1.165) is 6.42 Å². The van der Waals surface area contributed by atoms with Gasteiger partial charge in [0.1, 0.15) is 12.1 Å². The van der Waals surface area contributed by atoms with Crippen LogP contribution in [0.15, 0.2) is 12.2 Å². The first kappa shape index (κ1) is 14.1. The van der Waals surface area contributed by atoms with Gasteiger partial charge in [-0.05, 0) is 6.42 Å². The Morgan fingerprint density at radius 1 is 1.40 bits per heavy atom. The Morgan fingerprint density at radius 3 is 2.27 bits per heavy atom. The summed E-state index contributed by atoms with van der Waals surface area (Å²) in [6, 6.07) is 0. The van der Waals surface area contributed by atoms with Crippen LogP contribution in [0, 0.1) is 0 Å². The summed E-state index contributed by atoms with van der Waals surface area (Å²) in [5.41, 5.74) is -1.25. The van der Waals surface area contributed by atoms with Gasteiger partial charge >= 0.3 is 5.97 Å². The molecule has 0 rings (SSSR count). The molecule has 0 fully saturated rings. The molecule has 1 atom stereocenters. The molecule has 4 nitrogen and oxygen atoms in total.